The molecule has 0 aliphatic carbocycles. The summed E-state index contributed by atoms with van der Waals surface area (Å²) in [4.78, 5) is 1.33. The fraction of sp³-hybridized carbons (Fsp3) is 0.143. The number of aromatic nitrogens is 1. The summed E-state index contributed by atoms with van der Waals surface area (Å²) in [6.45, 7) is 1.46. The molecule has 4 heteroatoms. The van der Waals surface area contributed by atoms with Crippen LogP contribution in [0, 0.1) is 0 Å². The van der Waals surface area contributed by atoms with E-state index in [2.05, 4.69) is 63.0 Å². The van der Waals surface area contributed by atoms with Crippen LogP contribution in [0.25, 0.3) is 10.9 Å². The van der Waals surface area contributed by atoms with Crippen molar-refractivity contribution in [1.82, 2.24) is 4.57 Å². The van der Waals surface area contributed by atoms with Crippen molar-refractivity contribution in [2.75, 3.05) is 0 Å². The summed E-state index contributed by atoms with van der Waals surface area (Å²) in [6, 6.07) is 14.8. The van der Waals surface area contributed by atoms with Gasteiger partial charge in [-0.3, -0.25) is 0 Å². The van der Waals surface area contributed by atoms with Crippen LogP contribution < -0.4 is 5.73 Å². The lowest BCUT2D eigenvalue weighted by Crippen LogP contribution is -2.07. The maximum atomic E-state index is 5.85. The van der Waals surface area contributed by atoms with Gasteiger partial charge in [0.25, 0.3) is 0 Å². The summed E-state index contributed by atoms with van der Waals surface area (Å²) in [7, 11) is 0. The third-order valence-electron chi connectivity index (χ3n) is 3.05. The van der Waals surface area contributed by atoms with Crippen molar-refractivity contribution in [1.29, 1.82) is 0 Å². The van der Waals surface area contributed by atoms with Crippen molar-refractivity contribution in [3.05, 3.63) is 56.8 Å². The maximum absolute atomic E-state index is 5.85. The van der Waals surface area contributed by atoms with E-state index < -0.39 is 0 Å². The van der Waals surface area contributed by atoms with Gasteiger partial charge < -0.3 is 10.3 Å². The number of nitrogens with zero attached hydrogens (tertiary/aromatic N) is 1. The summed E-state index contributed by atoms with van der Waals surface area (Å²) >= 11 is 5.27. The predicted octanol–water partition coefficient (Wildman–Crippen LogP) is 3.97. The number of para-hydroxylation sites is 1. The van der Waals surface area contributed by atoms with E-state index in [0.29, 0.717) is 6.54 Å². The Morgan fingerprint density at radius 3 is 2.72 bits per heavy atom. The Morgan fingerprint density at radius 1 is 1.17 bits per heavy atom. The summed E-state index contributed by atoms with van der Waals surface area (Å²) in [6.07, 6.45) is 0. The quantitative estimate of drug-likeness (QED) is 0.777. The van der Waals surface area contributed by atoms with Crippen molar-refractivity contribution >= 4 is 38.2 Å². The van der Waals surface area contributed by atoms with E-state index >= 15 is 0 Å². The molecular weight excluding hydrogens is 308 g/mol. The van der Waals surface area contributed by atoms with Gasteiger partial charge in [-0.1, -0.05) is 18.2 Å². The van der Waals surface area contributed by atoms with Gasteiger partial charge in [-0.05, 0) is 45.6 Å². The zero-order valence-electron chi connectivity index (χ0n) is 9.77. The molecule has 0 fully saturated rings. The fourth-order valence-corrected chi connectivity index (χ4v) is 3.69. The first-order valence-corrected chi connectivity index (χ1v) is 7.40. The minimum absolute atomic E-state index is 0.571. The molecule has 0 radical (unpaired) electrons. The highest BCUT2D eigenvalue weighted by Gasteiger charge is 2.08. The lowest BCUT2D eigenvalue weighted by molar-refractivity contribution is 0.777. The number of hydrogen-bond acceptors (Lipinski definition) is 2. The first-order chi connectivity index (χ1) is 8.78. The molecule has 2 aromatic heterocycles. The molecule has 2 heterocycles. The van der Waals surface area contributed by atoms with Gasteiger partial charge in [0.15, 0.2) is 0 Å². The molecule has 0 aliphatic heterocycles. The number of thiophene rings is 1. The van der Waals surface area contributed by atoms with Gasteiger partial charge in [0, 0.05) is 22.6 Å². The van der Waals surface area contributed by atoms with Crippen molar-refractivity contribution in [2.24, 2.45) is 5.73 Å². The number of halogens is 1. The largest absolute Gasteiger partial charge is 0.338 e. The van der Waals surface area contributed by atoms with Crippen LogP contribution in [0.4, 0.5) is 0 Å². The number of nitrogens with two attached hydrogens (primary N) is 1. The average Bonchev–Trinajstić information content (AvgIpc) is 2.94. The third-order valence-corrected chi connectivity index (χ3v) is 4.66. The van der Waals surface area contributed by atoms with E-state index in [1.807, 2.05) is 0 Å². The van der Waals surface area contributed by atoms with Crippen LogP contribution in [0.3, 0.4) is 0 Å². The molecule has 18 heavy (non-hydrogen) atoms. The normalized spacial score (nSPS) is 11.2. The van der Waals surface area contributed by atoms with Crippen molar-refractivity contribution in [3.8, 4) is 0 Å². The average molecular weight is 321 g/mol. The topological polar surface area (TPSA) is 30.9 Å². The third kappa shape index (κ3) is 2.11. The monoisotopic (exact) mass is 320 g/mol. The highest BCUT2D eigenvalue weighted by molar-refractivity contribution is 9.11. The van der Waals surface area contributed by atoms with E-state index in [0.717, 1.165) is 6.54 Å². The van der Waals surface area contributed by atoms with E-state index in [1.165, 1.54) is 25.3 Å². The lowest BCUT2D eigenvalue weighted by atomic mass is 10.2. The molecule has 0 spiro atoms. The Bertz CT molecular complexity index is 684. The van der Waals surface area contributed by atoms with Crippen LogP contribution in [0.2, 0.25) is 0 Å². The highest BCUT2D eigenvalue weighted by Crippen LogP contribution is 2.26. The van der Waals surface area contributed by atoms with Gasteiger partial charge in [0.2, 0.25) is 0 Å². The number of hydrogen-bond donors (Lipinski definition) is 1. The van der Waals surface area contributed by atoms with Gasteiger partial charge in [-0.2, -0.15) is 0 Å². The van der Waals surface area contributed by atoms with E-state index in [-0.39, 0.29) is 0 Å². The first-order valence-electron chi connectivity index (χ1n) is 5.79. The molecule has 3 aromatic rings. The molecule has 0 bridgehead atoms. The molecule has 2 N–H and O–H groups in total. The summed E-state index contributed by atoms with van der Waals surface area (Å²) < 4.78 is 3.47. The number of benzene rings is 1. The second-order valence-electron chi connectivity index (χ2n) is 4.19. The molecular formula is C14H13BrN2S. The van der Waals surface area contributed by atoms with Crippen LogP contribution in [-0.4, -0.2) is 4.57 Å². The molecule has 0 saturated carbocycles. The highest BCUT2D eigenvalue weighted by atomic mass is 79.9. The Labute approximate surface area is 118 Å². The zero-order valence-corrected chi connectivity index (χ0v) is 12.2. The van der Waals surface area contributed by atoms with Crippen LogP contribution in [0.5, 0.6) is 0 Å². The maximum Gasteiger partial charge on any atom is 0.0702 e. The summed E-state index contributed by atoms with van der Waals surface area (Å²) in [5.41, 5.74) is 8.28. The summed E-state index contributed by atoms with van der Waals surface area (Å²) in [5, 5.41) is 1.26. The van der Waals surface area contributed by atoms with Gasteiger partial charge in [-0.25, -0.2) is 0 Å². The number of fused-ring (bicyclic) bond motifs is 1. The predicted molar refractivity (Wildman–Crippen MR) is 81.0 cm³/mol. The summed E-state index contributed by atoms with van der Waals surface area (Å²) in [5.74, 6) is 0. The van der Waals surface area contributed by atoms with Gasteiger partial charge in [0.1, 0.15) is 0 Å². The molecule has 0 saturated heterocycles. The van der Waals surface area contributed by atoms with Gasteiger partial charge >= 0.3 is 0 Å². The molecule has 0 aliphatic rings. The molecule has 2 nitrogen and oxygen atoms in total. The lowest BCUT2D eigenvalue weighted by Gasteiger charge is -2.07. The minimum atomic E-state index is 0.571. The van der Waals surface area contributed by atoms with E-state index in [9.17, 15) is 0 Å². The second-order valence-corrected chi connectivity index (χ2v) is 6.74. The second kappa shape index (κ2) is 4.88. The van der Waals surface area contributed by atoms with E-state index in [1.54, 1.807) is 11.3 Å². The Balaban J connectivity index is 2.09. The van der Waals surface area contributed by atoms with Crippen molar-refractivity contribution in [2.45, 2.75) is 13.1 Å². The minimum Gasteiger partial charge on any atom is -0.338 e. The SMILES string of the molecule is NCc1cc2ccccc2n1Cc1ccc(Br)s1. The van der Waals surface area contributed by atoms with Gasteiger partial charge in [0.05, 0.1) is 10.3 Å². The molecule has 0 unspecified atom stereocenters. The van der Waals surface area contributed by atoms with E-state index in [4.69, 9.17) is 5.73 Å². The molecule has 0 amide bonds. The van der Waals surface area contributed by atoms with Crippen molar-refractivity contribution in [3.63, 3.8) is 0 Å². The Morgan fingerprint density at radius 2 is 2.00 bits per heavy atom. The molecule has 92 valence electrons. The fourth-order valence-electron chi connectivity index (χ4n) is 2.22. The van der Waals surface area contributed by atoms with Crippen LogP contribution in [0.15, 0.2) is 46.3 Å². The smallest absolute Gasteiger partial charge is 0.0702 e. The Kier molecular flexibility index (Phi) is 3.24. The van der Waals surface area contributed by atoms with Crippen molar-refractivity contribution < 1.29 is 0 Å². The molecule has 3 rings (SSSR count). The zero-order chi connectivity index (χ0) is 12.5. The van der Waals surface area contributed by atoms with Crippen LogP contribution in [0.1, 0.15) is 10.6 Å². The molecule has 0 atom stereocenters. The molecule has 1 aromatic carbocycles. The standard InChI is InChI=1S/C14H13BrN2S/c15-14-6-5-12(18-14)9-17-11(8-16)7-10-3-1-2-4-13(10)17/h1-7H,8-9,16H2. The van der Waals surface area contributed by atoms with Crippen LogP contribution in [-0.2, 0) is 13.1 Å². The van der Waals surface area contributed by atoms with Gasteiger partial charge in [-0.15, -0.1) is 11.3 Å². The Hall–Kier alpha value is -1.10. The van der Waals surface area contributed by atoms with Crippen LogP contribution >= 0.6 is 27.3 Å². The first kappa shape index (κ1) is 12.0. The number of rotatable bonds is 3.